The van der Waals surface area contributed by atoms with Crippen LogP contribution in [0.25, 0.3) is 0 Å². The first kappa shape index (κ1) is 17.4. The summed E-state index contributed by atoms with van der Waals surface area (Å²) in [6.45, 7) is 1.46. The van der Waals surface area contributed by atoms with Gasteiger partial charge in [0.15, 0.2) is 6.29 Å². The molecule has 0 amide bonds. The van der Waals surface area contributed by atoms with E-state index >= 15 is 0 Å². The van der Waals surface area contributed by atoms with E-state index < -0.39 is 24.8 Å². The van der Waals surface area contributed by atoms with Crippen molar-refractivity contribution in [2.45, 2.75) is 44.8 Å². The third kappa shape index (κ3) is 13.0. The topological polar surface area (TPSA) is 115 Å². The summed E-state index contributed by atoms with van der Waals surface area (Å²) in [5.74, 6) is -0.682. The summed E-state index contributed by atoms with van der Waals surface area (Å²) in [4.78, 5) is 19.5. The van der Waals surface area contributed by atoms with Crippen molar-refractivity contribution in [2.75, 3.05) is 6.61 Å². The molecule has 2 atom stereocenters. The van der Waals surface area contributed by atoms with Gasteiger partial charge in [0, 0.05) is 6.42 Å². The van der Waals surface area contributed by atoms with E-state index in [0.29, 0.717) is 6.42 Å². The quantitative estimate of drug-likeness (QED) is 0.351. The number of carboxylic acid groups (broad SMARTS) is 1. The van der Waals surface area contributed by atoms with E-state index in [9.17, 15) is 9.59 Å². The van der Waals surface area contributed by atoms with Crippen molar-refractivity contribution in [3.63, 3.8) is 0 Å². The zero-order valence-corrected chi connectivity index (χ0v) is 9.37. The second kappa shape index (κ2) is 12.1. The third-order valence-corrected chi connectivity index (χ3v) is 1.71. The SMILES string of the molecule is CCCCCC(=O)O.O=C[C@H](O)[C@H](O)CO. The van der Waals surface area contributed by atoms with Crippen molar-refractivity contribution < 1.29 is 30.0 Å². The van der Waals surface area contributed by atoms with E-state index in [0.717, 1.165) is 19.3 Å². The van der Waals surface area contributed by atoms with E-state index in [4.69, 9.17) is 20.4 Å². The van der Waals surface area contributed by atoms with Gasteiger partial charge >= 0.3 is 5.97 Å². The molecule has 0 rings (SSSR count). The molecular weight excluding hydrogens is 216 g/mol. The molecule has 6 heteroatoms. The van der Waals surface area contributed by atoms with Gasteiger partial charge in [-0.3, -0.25) is 4.79 Å². The summed E-state index contributed by atoms with van der Waals surface area (Å²) >= 11 is 0. The number of carboxylic acids is 1. The maximum atomic E-state index is 9.87. The number of aliphatic hydroxyl groups is 3. The Labute approximate surface area is 94.5 Å². The van der Waals surface area contributed by atoms with Crippen LogP contribution in [0, 0.1) is 0 Å². The molecule has 0 saturated heterocycles. The summed E-state index contributed by atoms with van der Waals surface area (Å²) in [5.41, 5.74) is 0. The fourth-order valence-corrected chi connectivity index (χ4v) is 0.725. The number of unbranched alkanes of at least 4 members (excludes halogenated alkanes) is 2. The van der Waals surface area contributed by atoms with Crippen molar-refractivity contribution in [1.29, 1.82) is 0 Å². The van der Waals surface area contributed by atoms with Crippen molar-refractivity contribution >= 4 is 12.3 Å². The molecule has 0 heterocycles. The summed E-state index contributed by atoms with van der Waals surface area (Å²) in [6.07, 6.45) is 0.646. The number of rotatable bonds is 7. The molecular formula is C10H20O6. The van der Waals surface area contributed by atoms with Gasteiger partial charge in [-0.25, -0.2) is 0 Å². The number of aliphatic carboxylic acids is 1. The number of hydrogen-bond donors (Lipinski definition) is 4. The van der Waals surface area contributed by atoms with Crippen molar-refractivity contribution in [1.82, 2.24) is 0 Å². The first-order valence-electron chi connectivity index (χ1n) is 5.13. The van der Waals surface area contributed by atoms with Crippen LogP contribution in [0.4, 0.5) is 0 Å². The maximum Gasteiger partial charge on any atom is 0.303 e. The molecule has 0 spiro atoms. The molecule has 16 heavy (non-hydrogen) atoms. The second-order valence-electron chi connectivity index (χ2n) is 3.23. The molecule has 0 bridgehead atoms. The highest BCUT2D eigenvalue weighted by atomic mass is 16.4. The van der Waals surface area contributed by atoms with Gasteiger partial charge in [0.05, 0.1) is 6.61 Å². The van der Waals surface area contributed by atoms with Gasteiger partial charge in [0.1, 0.15) is 12.2 Å². The molecule has 0 radical (unpaired) electrons. The Kier molecular flexibility index (Phi) is 13.2. The molecule has 0 aliphatic rings. The van der Waals surface area contributed by atoms with Crippen LogP contribution in [0.15, 0.2) is 0 Å². The van der Waals surface area contributed by atoms with Crippen molar-refractivity contribution in [3.8, 4) is 0 Å². The predicted molar refractivity (Wildman–Crippen MR) is 56.9 cm³/mol. The summed E-state index contributed by atoms with van der Waals surface area (Å²) in [6, 6.07) is 0. The number of carbonyl (C=O) groups is 2. The number of carbonyl (C=O) groups excluding carboxylic acids is 1. The largest absolute Gasteiger partial charge is 0.481 e. The summed E-state index contributed by atoms with van der Waals surface area (Å²) < 4.78 is 0. The van der Waals surface area contributed by atoms with Gasteiger partial charge in [-0.05, 0) is 6.42 Å². The van der Waals surface area contributed by atoms with Crippen LogP contribution in [-0.4, -0.2) is 51.5 Å². The third-order valence-electron chi connectivity index (χ3n) is 1.71. The van der Waals surface area contributed by atoms with Crippen LogP contribution >= 0.6 is 0 Å². The van der Waals surface area contributed by atoms with Crippen molar-refractivity contribution in [3.05, 3.63) is 0 Å². The lowest BCUT2D eigenvalue weighted by Crippen LogP contribution is -2.30. The Balaban J connectivity index is 0. The molecule has 0 saturated carbocycles. The lowest BCUT2D eigenvalue weighted by molar-refractivity contribution is -0.137. The van der Waals surface area contributed by atoms with E-state index in [1.165, 1.54) is 0 Å². The average Bonchev–Trinajstić information content (AvgIpc) is 2.27. The van der Waals surface area contributed by atoms with Crippen LogP contribution in [-0.2, 0) is 9.59 Å². The number of aliphatic hydroxyl groups excluding tert-OH is 3. The highest BCUT2D eigenvalue weighted by Gasteiger charge is 2.12. The van der Waals surface area contributed by atoms with Gasteiger partial charge in [-0.15, -0.1) is 0 Å². The minimum atomic E-state index is -1.46. The van der Waals surface area contributed by atoms with Crippen molar-refractivity contribution in [2.24, 2.45) is 0 Å². The molecule has 0 aliphatic heterocycles. The monoisotopic (exact) mass is 236 g/mol. The van der Waals surface area contributed by atoms with Gasteiger partial charge in [0.25, 0.3) is 0 Å². The van der Waals surface area contributed by atoms with E-state index in [2.05, 4.69) is 6.92 Å². The fourth-order valence-electron chi connectivity index (χ4n) is 0.725. The highest BCUT2D eigenvalue weighted by Crippen LogP contribution is 1.97. The van der Waals surface area contributed by atoms with Crippen LogP contribution in [0.1, 0.15) is 32.6 Å². The standard InChI is InChI=1S/C6H12O2.C4H8O4/c1-2-3-4-5-6(7)8;5-1-3(7)4(8)2-6/h2-5H2,1H3,(H,7,8);1,3-4,6-8H,2H2/t;3-,4+/m.0/s1. The average molecular weight is 236 g/mol. The van der Waals surface area contributed by atoms with Crippen LogP contribution in [0.5, 0.6) is 0 Å². The fraction of sp³-hybridized carbons (Fsp3) is 0.800. The van der Waals surface area contributed by atoms with E-state index in [1.54, 1.807) is 0 Å². The van der Waals surface area contributed by atoms with Crippen LogP contribution < -0.4 is 0 Å². The zero-order chi connectivity index (χ0) is 13.0. The first-order valence-corrected chi connectivity index (χ1v) is 5.13. The predicted octanol–water partition coefficient (Wildman–Crippen LogP) is -0.449. The zero-order valence-electron chi connectivity index (χ0n) is 9.37. The summed E-state index contributed by atoms with van der Waals surface area (Å²) in [7, 11) is 0. The smallest absolute Gasteiger partial charge is 0.303 e. The van der Waals surface area contributed by atoms with Gasteiger partial charge in [-0.2, -0.15) is 0 Å². The number of aldehydes is 1. The molecule has 0 aromatic rings. The Hall–Kier alpha value is -0.980. The molecule has 96 valence electrons. The first-order chi connectivity index (χ1) is 7.49. The van der Waals surface area contributed by atoms with Gasteiger partial charge in [0.2, 0.25) is 0 Å². The maximum absolute atomic E-state index is 9.87. The summed E-state index contributed by atoms with van der Waals surface area (Å²) in [5, 5.41) is 33.0. The van der Waals surface area contributed by atoms with Crippen LogP contribution in [0.2, 0.25) is 0 Å². The normalized spacial score (nSPS) is 13.2. The molecule has 0 aliphatic carbocycles. The molecule has 0 fully saturated rings. The van der Waals surface area contributed by atoms with E-state index in [-0.39, 0.29) is 6.29 Å². The van der Waals surface area contributed by atoms with Gasteiger partial charge < -0.3 is 25.2 Å². The Bertz CT molecular complexity index is 182. The molecule has 6 nitrogen and oxygen atoms in total. The minimum Gasteiger partial charge on any atom is -0.481 e. The highest BCUT2D eigenvalue weighted by molar-refractivity contribution is 5.66. The molecule has 0 aromatic carbocycles. The minimum absolute atomic E-state index is 0.168. The second-order valence-corrected chi connectivity index (χ2v) is 3.23. The number of hydrogen-bond acceptors (Lipinski definition) is 5. The molecule has 0 aromatic heterocycles. The Morgan fingerprint density at radius 3 is 2.12 bits per heavy atom. The lowest BCUT2D eigenvalue weighted by atomic mass is 10.2. The molecule has 0 unspecified atom stereocenters. The molecule has 4 N–H and O–H groups in total. The van der Waals surface area contributed by atoms with Crippen LogP contribution in [0.3, 0.4) is 0 Å². The van der Waals surface area contributed by atoms with Gasteiger partial charge in [-0.1, -0.05) is 19.8 Å². The lowest BCUT2D eigenvalue weighted by Gasteiger charge is -2.06. The Morgan fingerprint density at radius 1 is 1.31 bits per heavy atom. The Morgan fingerprint density at radius 2 is 1.88 bits per heavy atom. The van der Waals surface area contributed by atoms with E-state index in [1.807, 2.05) is 0 Å².